The van der Waals surface area contributed by atoms with Crippen LogP contribution in [-0.4, -0.2) is 9.97 Å². The van der Waals surface area contributed by atoms with E-state index in [9.17, 15) is 0 Å². The molecule has 0 amide bonds. The standard InChI is InChI=1S/C13H12BrClN2O/c1-7-4-8(2)9(3)11(5-7)18-12-10(14)6-16-13(15)17-12/h4-6H,1-3H3. The van der Waals surface area contributed by atoms with Crippen LogP contribution in [0.5, 0.6) is 11.6 Å². The molecule has 0 radical (unpaired) electrons. The Morgan fingerprint density at radius 1 is 1.22 bits per heavy atom. The number of aromatic nitrogens is 2. The van der Waals surface area contributed by atoms with Gasteiger partial charge in [-0.3, -0.25) is 0 Å². The summed E-state index contributed by atoms with van der Waals surface area (Å²) in [5.74, 6) is 1.20. The number of nitrogens with zero attached hydrogens (tertiary/aromatic N) is 2. The minimum absolute atomic E-state index is 0.162. The van der Waals surface area contributed by atoms with Crippen LogP contribution in [0.25, 0.3) is 0 Å². The minimum atomic E-state index is 0.162. The number of hydrogen-bond donors (Lipinski definition) is 0. The molecular weight excluding hydrogens is 316 g/mol. The summed E-state index contributed by atoms with van der Waals surface area (Å²) in [5, 5.41) is 0.162. The molecule has 1 aromatic heterocycles. The summed E-state index contributed by atoms with van der Waals surface area (Å²) in [7, 11) is 0. The lowest BCUT2D eigenvalue weighted by Gasteiger charge is -2.12. The summed E-state index contributed by atoms with van der Waals surface area (Å²) in [6.45, 7) is 6.10. The summed E-state index contributed by atoms with van der Waals surface area (Å²) < 4.78 is 6.47. The second-order valence-corrected chi connectivity index (χ2v) is 5.29. The minimum Gasteiger partial charge on any atom is -0.437 e. The van der Waals surface area contributed by atoms with Crippen LogP contribution in [-0.2, 0) is 0 Å². The van der Waals surface area contributed by atoms with Gasteiger partial charge in [0, 0.05) is 6.20 Å². The SMILES string of the molecule is Cc1cc(C)c(C)c(Oc2nc(Cl)ncc2Br)c1. The van der Waals surface area contributed by atoms with E-state index >= 15 is 0 Å². The first kappa shape index (κ1) is 13.3. The van der Waals surface area contributed by atoms with Crippen molar-refractivity contribution in [3.05, 3.63) is 44.8 Å². The topological polar surface area (TPSA) is 35.0 Å². The van der Waals surface area contributed by atoms with Gasteiger partial charge in [0.05, 0.1) is 4.47 Å². The summed E-state index contributed by atoms with van der Waals surface area (Å²) >= 11 is 9.10. The van der Waals surface area contributed by atoms with E-state index in [0.717, 1.165) is 16.9 Å². The van der Waals surface area contributed by atoms with Crippen LogP contribution in [0, 0.1) is 20.8 Å². The molecule has 2 rings (SSSR count). The van der Waals surface area contributed by atoms with Gasteiger partial charge < -0.3 is 4.74 Å². The van der Waals surface area contributed by atoms with Crippen LogP contribution in [0.3, 0.4) is 0 Å². The van der Waals surface area contributed by atoms with E-state index in [0.29, 0.717) is 10.4 Å². The van der Waals surface area contributed by atoms with Crippen LogP contribution >= 0.6 is 27.5 Å². The Balaban J connectivity index is 2.43. The van der Waals surface area contributed by atoms with Gasteiger partial charge in [0.15, 0.2) is 0 Å². The molecule has 0 aliphatic heterocycles. The van der Waals surface area contributed by atoms with Gasteiger partial charge in [-0.2, -0.15) is 4.98 Å². The fourth-order valence-corrected chi connectivity index (χ4v) is 2.01. The molecular formula is C13H12BrClN2O. The highest BCUT2D eigenvalue weighted by Gasteiger charge is 2.10. The number of halogens is 2. The summed E-state index contributed by atoms with van der Waals surface area (Å²) in [5.41, 5.74) is 3.41. The summed E-state index contributed by atoms with van der Waals surface area (Å²) in [6.07, 6.45) is 1.57. The van der Waals surface area contributed by atoms with Gasteiger partial charge >= 0.3 is 0 Å². The maximum absolute atomic E-state index is 5.80. The normalized spacial score (nSPS) is 10.5. The summed E-state index contributed by atoms with van der Waals surface area (Å²) in [6, 6.07) is 4.09. The molecule has 0 saturated carbocycles. The molecule has 3 nitrogen and oxygen atoms in total. The zero-order chi connectivity index (χ0) is 13.3. The predicted molar refractivity (Wildman–Crippen MR) is 75.5 cm³/mol. The molecule has 1 aromatic carbocycles. The van der Waals surface area contributed by atoms with E-state index in [-0.39, 0.29) is 5.28 Å². The maximum atomic E-state index is 5.80. The van der Waals surface area contributed by atoms with Crippen LogP contribution in [0.2, 0.25) is 5.28 Å². The highest BCUT2D eigenvalue weighted by Crippen LogP contribution is 2.31. The molecule has 0 atom stereocenters. The molecule has 0 unspecified atom stereocenters. The van der Waals surface area contributed by atoms with Crippen molar-refractivity contribution in [1.82, 2.24) is 9.97 Å². The molecule has 2 aromatic rings. The van der Waals surface area contributed by atoms with Crippen molar-refractivity contribution in [2.45, 2.75) is 20.8 Å². The smallest absolute Gasteiger partial charge is 0.237 e. The van der Waals surface area contributed by atoms with Crippen molar-refractivity contribution in [3.63, 3.8) is 0 Å². The second kappa shape index (κ2) is 5.24. The monoisotopic (exact) mass is 326 g/mol. The van der Waals surface area contributed by atoms with Crippen LogP contribution in [0.1, 0.15) is 16.7 Å². The molecule has 1 heterocycles. The van der Waals surface area contributed by atoms with Gasteiger partial charge in [-0.1, -0.05) is 6.07 Å². The Morgan fingerprint density at radius 2 is 1.94 bits per heavy atom. The maximum Gasteiger partial charge on any atom is 0.237 e. The van der Waals surface area contributed by atoms with Gasteiger partial charge in [0.25, 0.3) is 0 Å². The van der Waals surface area contributed by atoms with E-state index in [1.165, 1.54) is 5.56 Å². The van der Waals surface area contributed by atoms with Gasteiger partial charge in [-0.25, -0.2) is 4.98 Å². The van der Waals surface area contributed by atoms with E-state index in [1.54, 1.807) is 6.20 Å². The third-order valence-electron chi connectivity index (χ3n) is 2.65. The Morgan fingerprint density at radius 3 is 2.67 bits per heavy atom. The van der Waals surface area contributed by atoms with Gasteiger partial charge in [-0.15, -0.1) is 0 Å². The molecule has 0 bridgehead atoms. The quantitative estimate of drug-likeness (QED) is 0.756. The third kappa shape index (κ3) is 2.82. The molecule has 0 saturated heterocycles. The highest BCUT2D eigenvalue weighted by molar-refractivity contribution is 9.10. The molecule has 18 heavy (non-hydrogen) atoms. The average Bonchev–Trinajstić information content (AvgIpc) is 2.30. The molecule has 0 aliphatic carbocycles. The van der Waals surface area contributed by atoms with Gasteiger partial charge in [0.1, 0.15) is 5.75 Å². The Kier molecular flexibility index (Phi) is 3.88. The lowest BCUT2D eigenvalue weighted by molar-refractivity contribution is 0.454. The molecule has 0 spiro atoms. The second-order valence-electron chi connectivity index (χ2n) is 4.10. The third-order valence-corrected chi connectivity index (χ3v) is 3.38. The Hall–Kier alpha value is -1.13. The van der Waals surface area contributed by atoms with Crippen LogP contribution in [0.4, 0.5) is 0 Å². The molecule has 0 fully saturated rings. The van der Waals surface area contributed by atoms with Crippen molar-refractivity contribution < 1.29 is 4.74 Å². The fraction of sp³-hybridized carbons (Fsp3) is 0.231. The molecule has 5 heteroatoms. The van der Waals surface area contributed by atoms with Crippen molar-refractivity contribution in [2.75, 3.05) is 0 Å². The van der Waals surface area contributed by atoms with Crippen molar-refractivity contribution in [1.29, 1.82) is 0 Å². The van der Waals surface area contributed by atoms with Crippen LogP contribution in [0.15, 0.2) is 22.8 Å². The molecule has 94 valence electrons. The van der Waals surface area contributed by atoms with Crippen molar-refractivity contribution >= 4 is 27.5 Å². The van der Waals surface area contributed by atoms with Crippen molar-refractivity contribution in [2.24, 2.45) is 0 Å². The zero-order valence-corrected chi connectivity index (χ0v) is 12.6. The number of benzene rings is 1. The van der Waals surface area contributed by atoms with Crippen molar-refractivity contribution in [3.8, 4) is 11.6 Å². The van der Waals surface area contributed by atoms with E-state index in [1.807, 2.05) is 19.9 Å². The summed E-state index contributed by atoms with van der Waals surface area (Å²) in [4.78, 5) is 7.92. The molecule has 0 N–H and O–H groups in total. The first-order chi connectivity index (χ1) is 8.47. The Labute approximate surface area is 119 Å². The highest BCUT2D eigenvalue weighted by atomic mass is 79.9. The van der Waals surface area contributed by atoms with Crippen LogP contribution < -0.4 is 4.74 Å². The van der Waals surface area contributed by atoms with E-state index in [4.69, 9.17) is 16.3 Å². The lowest BCUT2D eigenvalue weighted by Crippen LogP contribution is -1.95. The fourth-order valence-electron chi connectivity index (χ4n) is 1.61. The first-order valence-electron chi connectivity index (χ1n) is 5.41. The van der Waals surface area contributed by atoms with Gasteiger partial charge in [-0.05, 0) is 71.1 Å². The Bertz CT molecular complexity index is 602. The largest absolute Gasteiger partial charge is 0.437 e. The lowest BCUT2D eigenvalue weighted by atomic mass is 10.1. The number of rotatable bonds is 2. The predicted octanol–water partition coefficient (Wildman–Crippen LogP) is 4.61. The zero-order valence-electron chi connectivity index (χ0n) is 10.3. The first-order valence-corrected chi connectivity index (χ1v) is 6.58. The van der Waals surface area contributed by atoms with Gasteiger partial charge in [0.2, 0.25) is 11.2 Å². The molecule has 0 aliphatic rings. The van der Waals surface area contributed by atoms with E-state index in [2.05, 4.69) is 38.9 Å². The average molecular weight is 328 g/mol. The number of ether oxygens (including phenoxy) is 1. The number of hydrogen-bond acceptors (Lipinski definition) is 3. The number of aryl methyl sites for hydroxylation is 2. The van der Waals surface area contributed by atoms with E-state index < -0.39 is 0 Å².